The van der Waals surface area contributed by atoms with E-state index in [0.29, 0.717) is 0 Å². The minimum Gasteiger partial charge on any atom is -0.309 e. The average Bonchev–Trinajstić information content (AvgIpc) is 3.98. The summed E-state index contributed by atoms with van der Waals surface area (Å²) in [6.07, 6.45) is 1.93. The predicted octanol–water partition coefficient (Wildman–Crippen LogP) is 20.4. The lowest BCUT2D eigenvalue weighted by Gasteiger charge is -2.29. The Morgan fingerprint density at radius 2 is 0.548 bits per heavy atom. The molecule has 0 unspecified atom stereocenters. The van der Waals surface area contributed by atoms with Gasteiger partial charge in [-0.1, -0.05) is 243 Å². The zero-order chi connectivity index (χ0) is 48.1. The summed E-state index contributed by atoms with van der Waals surface area (Å²) in [4.78, 5) is 2.52. The first kappa shape index (κ1) is 41.2. The minimum absolute atomic E-state index is 1.08. The molecule has 0 aromatic heterocycles. The molecule has 73 heavy (non-hydrogen) atoms. The first-order chi connectivity index (χ1) is 36.2. The van der Waals surface area contributed by atoms with Gasteiger partial charge in [0.25, 0.3) is 0 Å². The maximum absolute atomic E-state index is 4.14. The number of anilines is 3. The first-order valence-electron chi connectivity index (χ1n) is 25.3. The van der Waals surface area contributed by atoms with Gasteiger partial charge in [0.05, 0.1) is 11.4 Å². The molecular weight excluding hydrogens is 879 g/mol. The summed E-state index contributed by atoms with van der Waals surface area (Å²) in [5, 5.41) is 9.99. The van der Waals surface area contributed by atoms with Crippen molar-refractivity contribution in [2.75, 3.05) is 4.90 Å². The van der Waals surface area contributed by atoms with E-state index >= 15 is 0 Å². The second kappa shape index (κ2) is 16.2. The van der Waals surface area contributed by atoms with Gasteiger partial charge in [-0.3, -0.25) is 0 Å². The van der Waals surface area contributed by atoms with Crippen LogP contribution in [0.25, 0.3) is 138 Å². The van der Waals surface area contributed by atoms with Crippen LogP contribution in [-0.2, 0) is 0 Å². The molecular formula is C72H45N. The van der Waals surface area contributed by atoms with Gasteiger partial charge < -0.3 is 4.90 Å². The highest BCUT2D eigenvalue weighted by atomic mass is 15.1. The normalized spacial score (nSPS) is 11.9. The van der Waals surface area contributed by atoms with E-state index in [4.69, 9.17) is 0 Å². The summed E-state index contributed by atoms with van der Waals surface area (Å²) in [5.74, 6) is 0. The van der Waals surface area contributed by atoms with Gasteiger partial charge in [0.1, 0.15) is 0 Å². The van der Waals surface area contributed by atoms with Crippen LogP contribution in [0.15, 0.2) is 261 Å². The van der Waals surface area contributed by atoms with Crippen LogP contribution in [0.4, 0.5) is 17.1 Å². The van der Waals surface area contributed by atoms with E-state index in [0.717, 1.165) is 22.6 Å². The smallest absolute Gasteiger partial charge is 0.0540 e. The highest BCUT2D eigenvalue weighted by Gasteiger charge is 2.35. The molecule has 0 N–H and O–H groups in total. The fourth-order valence-electron chi connectivity index (χ4n) is 12.7. The molecule has 2 aliphatic carbocycles. The number of hydrogen-bond acceptors (Lipinski definition) is 1. The Hall–Kier alpha value is -9.56. The van der Waals surface area contributed by atoms with Crippen LogP contribution in [0, 0.1) is 0 Å². The van der Waals surface area contributed by atoms with E-state index < -0.39 is 0 Å². The lowest BCUT2D eigenvalue weighted by Crippen LogP contribution is -2.11. The molecule has 0 amide bonds. The van der Waals surface area contributed by atoms with Gasteiger partial charge in [0, 0.05) is 16.5 Å². The van der Waals surface area contributed by atoms with Crippen molar-refractivity contribution in [2.45, 2.75) is 0 Å². The summed E-state index contributed by atoms with van der Waals surface area (Å²) >= 11 is 0. The van der Waals surface area contributed by atoms with Crippen LogP contribution in [0.1, 0.15) is 5.56 Å². The molecule has 0 fully saturated rings. The maximum atomic E-state index is 4.14. The van der Waals surface area contributed by atoms with Gasteiger partial charge >= 0.3 is 0 Å². The van der Waals surface area contributed by atoms with E-state index in [-0.39, 0.29) is 0 Å². The predicted molar refractivity (Wildman–Crippen MR) is 312 cm³/mol. The average molecular weight is 924 g/mol. The van der Waals surface area contributed by atoms with Crippen molar-refractivity contribution in [1.29, 1.82) is 0 Å². The molecule has 15 rings (SSSR count). The molecule has 0 atom stereocenters. The third kappa shape index (κ3) is 6.03. The molecule has 0 saturated heterocycles. The van der Waals surface area contributed by atoms with Crippen molar-refractivity contribution >= 4 is 66.2 Å². The standard InChI is InChI=1S/C72H45N/c1-2-45-37-39-50(40-38-45)73(61-43-41-59-67-55(61)33-19-35-57(67)69-63(46-21-7-3-8-22-46)51-29-15-17-31-53(51)65(71(59)69)48-25-11-5-12-26-48)62-44-42-60-68-56(62)34-20-36-58(68)70-64(47-23-9-4-10-24-47)52-30-16-18-32-54(52)66(72(60)70)49-27-13-6-14-28-49/h2-44H,1H2. The van der Waals surface area contributed by atoms with Crippen molar-refractivity contribution in [3.8, 4) is 89.0 Å². The van der Waals surface area contributed by atoms with E-state index in [1.807, 2.05) is 6.08 Å². The van der Waals surface area contributed by atoms with Crippen LogP contribution in [-0.4, -0.2) is 0 Å². The zero-order valence-electron chi connectivity index (χ0n) is 40.0. The van der Waals surface area contributed by atoms with Crippen molar-refractivity contribution in [2.24, 2.45) is 0 Å². The number of hydrogen-bond donors (Lipinski definition) is 0. The second-order valence-corrected chi connectivity index (χ2v) is 19.4. The monoisotopic (exact) mass is 923 g/mol. The van der Waals surface area contributed by atoms with Crippen LogP contribution in [0.2, 0.25) is 0 Å². The molecule has 0 saturated carbocycles. The largest absolute Gasteiger partial charge is 0.309 e. The van der Waals surface area contributed by atoms with Gasteiger partial charge in [-0.05, 0) is 151 Å². The second-order valence-electron chi connectivity index (χ2n) is 19.4. The molecule has 0 heterocycles. The Kier molecular flexibility index (Phi) is 9.18. The third-order valence-corrected chi connectivity index (χ3v) is 15.7. The molecule has 0 bridgehead atoms. The molecule has 0 aliphatic heterocycles. The van der Waals surface area contributed by atoms with Gasteiger partial charge in [0.2, 0.25) is 0 Å². The van der Waals surface area contributed by atoms with Gasteiger partial charge in [-0.25, -0.2) is 0 Å². The Morgan fingerprint density at radius 3 is 0.877 bits per heavy atom. The van der Waals surface area contributed by atoms with Crippen molar-refractivity contribution in [1.82, 2.24) is 0 Å². The fraction of sp³-hybridized carbons (Fsp3) is 0. The summed E-state index contributed by atoms with van der Waals surface area (Å²) in [6.45, 7) is 4.14. The first-order valence-corrected chi connectivity index (χ1v) is 25.3. The highest BCUT2D eigenvalue weighted by Crippen LogP contribution is 2.62. The Balaban J connectivity index is 1.03. The zero-order valence-corrected chi connectivity index (χ0v) is 40.0. The molecule has 13 aromatic rings. The number of benzene rings is 13. The van der Waals surface area contributed by atoms with Crippen LogP contribution >= 0.6 is 0 Å². The lowest BCUT2D eigenvalue weighted by molar-refractivity contribution is 1.31. The van der Waals surface area contributed by atoms with Crippen molar-refractivity contribution < 1.29 is 0 Å². The molecule has 1 nitrogen and oxygen atoms in total. The summed E-state index contributed by atoms with van der Waals surface area (Å²) < 4.78 is 0. The van der Waals surface area contributed by atoms with E-state index in [1.165, 1.54) is 132 Å². The molecule has 338 valence electrons. The van der Waals surface area contributed by atoms with E-state index in [2.05, 4.69) is 266 Å². The Morgan fingerprint density at radius 1 is 0.247 bits per heavy atom. The van der Waals surface area contributed by atoms with Crippen molar-refractivity contribution in [3.05, 3.63) is 267 Å². The third-order valence-electron chi connectivity index (χ3n) is 15.7. The molecule has 0 radical (unpaired) electrons. The molecule has 1 heteroatoms. The molecule has 0 spiro atoms. The number of rotatable bonds is 8. The number of nitrogens with zero attached hydrogens (tertiary/aromatic N) is 1. The summed E-state index contributed by atoms with van der Waals surface area (Å²) in [7, 11) is 0. The van der Waals surface area contributed by atoms with Crippen LogP contribution < -0.4 is 4.90 Å². The Bertz CT molecular complexity index is 3950. The maximum Gasteiger partial charge on any atom is 0.0540 e. The van der Waals surface area contributed by atoms with Gasteiger partial charge in [-0.2, -0.15) is 0 Å². The molecule has 2 aliphatic rings. The van der Waals surface area contributed by atoms with Crippen molar-refractivity contribution in [3.63, 3.8) is 0 Å². The fourth-order valence-corrected chi connectivity index (χ4v) is 12.7. The quantitative estimate of drug-likeness (QED) is 0.147. The van der Waals surface area contributed by atoms with Crippen LogP contribution in [0.3, 0.4) is 0 Å². The molecule has 13 aromatic carbocycles. The summed E-state index contributed by atoms with van der Waals surface area (Å²) in [6, 6.07) is 94.5. The van der Waals surface area contributed by atoms with E-state index in [1.54, 1.807) is 0 Å². The lowest BCUT2D eigenvalue weighted by atomic mass is 9.82. The minimum atomic E-state index is 1.08. The van der Waals surface area contributed by atoms with Crippen LogP contribution in [0.5, 0.6) is 0 Å². The number of fused-ring (bicyclic) bond motifs is 8. The van der Waals surface area contributed by atoms with E-state index in [9.17, 15) is 0 Å². The SMILES string of the molecule is C=Cc1ccc(N(c2ccc3c4c(cccc24)-c2c-3c(-c3ccccc3)c3ccccc3c2-c2ccccc2)c2ccc3c4c(cccc24)-c2c-3c(-c3ccccc3)c3ccccc3c2-c2ccccc2)cc1. The van der Waals surface area contributed by atoms with Gasteiger partial charge in [-0.15, -0.1) is 0 Å². The van der Waals surface area contributed by atoms with Gasteiger partial charge in [0.15, 0.2) is 0 Å². The topological polar surface area (TPSA) is 3.24 Å². The Labute approximate surface area is 424 Å². The highest BCUT2D eigenvalue weighted by molar-refractivity contribution is 6.31. The summed E-state index contributed by atoms with van der Waals surface area (Å²) in [5.41, 5.74) is 24.6.